The number of nitrogens with zero attached hydrogens (tertiary/aromatic N) is 1. The first kappa shape index (κ1) is 14.5. The quantitative estimate of drug-likeness (QED) is 0.387. The van der Waals surface area contributed by atoms with Crippen LogP contribution in [0.15, 0.2) is 40.9 Å². The predicted octanol–water partition coefficient (Wildman–Crippen LogP) is 5.36. The summed E-state index contributed by atoms with van der Waals surface area (Å²) in [4.78, 5) is 10.3. The fourth-order valence-corrected chi connectivity index (χ4v) is 2.61. The molecule has 0 aromatic heterocycles. The molecule has 0 fully saturated rings. The van der Waals surface area contributed by atoms with Crippen LogP contribution in [0.4, 0.5) is 17.1 Å². The number of nitro benzene ring substituents is 1. The van der Waals surface area contributed by atoms with Crippen LogP contribution < -0.4 is 5.32 Å². The summed E-state index contributed by atoms with van der Waals surface area (Å²) in [6.45, 7) is 0. The van der Waals surface area contributed by atoms with Crippen LogP contribution in [-0.2, 0) is 0 Å². The number of benzene rings is 2. The molecule has 0 unspecified atom stereocenters. The fraction of sp³-hybridized carbons (Fsp3) is 0. The van der Waals surface area contributed by atoms with Gasteiger partial charge in [0.15, 0.2) is 0 Å². The molecular weight excluding hydrogens is 446 g/mol. The highest BCUT2D eigenvalue weighted by Crippen LogP contribution is 2.29. The molecule has 2 rings (SSSR count). The van der Waals surface area contributed by atoms with E-state index in [1.807, 2.05) is 34.7 Å². The van der Waals surface area contributed by atoms with E-state index >= 15 is 0 Å². The third-order valence-corrected chi connectivity index (χ3v) is 4.45. The lowest BCUT2D eigenvalue weighted by Gasteiger charge is -2.08. The Labute approximate surface area is 136 Å². The first-order valence-corrected chi connectivity index (χ1v) is 7.38. The standard InChI is InChI=1S/C12H7BrClIN2O2/c13-9-3-1-7(5-10(9)14)16-8-2-4-12(17(18)19)11(15)6-8/h1-6,16H. The maximum absolute atomic E-state index is 10.7. The Kier molecular flexibility index (Phi) is 4.64. The molecule has 19 heavy (non-hydrogen) atoms. The van der Waals surface area contributed by atoms with Crippen molar-refractivity contribution in [3.63, 3.8) is 0 Å². The van der Waals surface area contributed by atoms with Gasteiger partial charge in [-0.2, -0.15) is 0 Å². The normalized spacial score (nSPS) is 10.3. The topological polar surface area (TPSA) is 55.2 Å². The van der Waals surface area contributed by atoms with Crippen LogP contribution in [0.2, 0.25) is 5.02 Å². The first-order chi connectivity index (χ1) is 8.97. The number of hydrogen-bond donors (Lipinski definition) is 1. The Morgan fingerprint density at radius 1 is 1.21 bits per heavy atom. The second-order valence-electron chi connectivity index (χ2n) is 3.68. The summed E-state index contributed by atoms with van der Waals surface area (Å²) in [5.74, 6) is 0. The van der Waals surface area contributed by atoms with Gasteiger partial charge in [-0.05, 0) is 68.9 Å². The van der Waals surface area contributed by atoms with E-state index in [1.54, 1.807) is 18.2 Å². The van der Waals surface area contributed by atoms with Crippen LogP contribution in [0.1, 0.15) is 0 Å². The van der Waals surface area contributed by atoms with E-state index in [9.17, 15) is 10.1 Å². The van der Waals surface area contributed by atoms with Crippen LogP contribution in [0.3, 0.4) is 0 Å². The van der Waals surface area contributed by atoms with Crippen molar-refractivity contribution in [3.05, 3.63) is 59.6 Å². The Morgan fingerprint density at radius 2 is 1.84 bits per heavy atom. The molecule has 1 N–H and O–H groups in total. The number of nitro groups is 1. The van der Waals surface area contributed by atoms with E-state index in [-0.39, 0.29) is 5.69 Å². The van der Waals surface area contributed by atoms with E-state index in [0.29, 0.717) is 8.59 Å². The molecule has 0 heterocycles. The Hall–Kier alpha value is -0.860. The minimum absolute atomic E-state index is 0.0972. The molecule has 0 spiro atoms. The molecule has 98 valence electrons. The number of anilines is 2. The third-order valence-electron chi connectivity index (χ3n) is 2.35. The molecule has 0 aliphatic carbocycles. The molecule has 0 radical (unpaired) electrons. The molecule has 0 aliphatic heterocycles. The van der Waals surface area contributed by atoms with Gasteiger partial charge in [0.25, 0.3) is 5.69 Å². The second kappa shape index (κ2) is 6.06. The zero-order valence-corrected chi connectivity index (χ0v) is 13.9. The summed E-state index contributed by atoms with van der Waals surface area (Å²) < 4.78 is 1.40. The van der Waals surface area contributed by atoms with Crippen molar-refractivity contribution in [1.82, 2.24) is 0 Å². The van der Waals surface area contributed by atoms with Gasteiger partial charge in [0.05, 0.1) is 13.5 Å². The fourth-order valence-electron chi connectivity index (χ4n) is 1.47. The summed E-state index contributed by atoms with van der Waals surface area (Å²) in [6.07, 6.45) is 0. The minimum Gasteiger partial charge on any atom is -0.355 e. The number of halogens is 3. The second-order valence-corrected chi connectivity index (χ2v) is 6.10. The van der Waals surface area contributed by atoms with E-state index in [2.05, 4.69) is 21.2 Å². The Morgan fingerprint density at radius 3 is 2.42 bits per heavy atom. The smallest absolute Gasteiger partial charge is 0.282 e. The molecule has 2 aromatic carbocycles. The summed E-state index contributed by atoms with van der Waals surface area (Å²) in [5, 5.41) is 14.5. The molecular formula is C12H7BrClIN2O2. The van der Waals surface area contributed by atoms with Gasteiger partial charge in [0.1, 0.15) is 0 Å². The van der Waals surface area contributed by atoms with Gasteiger partial charge in [0.2, 0.25) is 0 Å². The molecule has 0 bridgehead atoms. The summed E-state index contributed by atoms with van der Waals surface area (Å²) in [5.41, 5.74) is 1.69. The zero-order valence-electron chi connectivity index (χ0n) is 9.36. The van der Waals surface area contributed by atoms with Gasteiger partial charge in [-0.25, -0.2) is 0 Å². The first-order valence-electron chi connectivity index (χ1n) is 5.13. The molecule has 7 heteroatoms. The van der Waals surface area contributed by atoms with Gasteiger partial charge in [-0.1, -0.05) is 11.6 Å². The van der Waals surface area contributed by atoms with Crippen molar-refractivity contribution >= 4 is 67.2 Å². The van der Waals surface area contributed by atoms with Crippen molar-refractivity contribution < 1.29 is 4.92 Å². The van der Waals surface area contributed by atoms with Crippen LogP contribution in [-0.4, -0.2) is 4.92 Å². The minimum atomic E-state index is -0.401. The molecule has 0 aliphatic rings. The molecule has 0 saturated heterocycles. The van der Waals surface area contributed by atoms with Gasteiger partial charge in [-0.3, -0.25) is 10.1 Å². The van der Waals surface area contributed by atoms with E-state index in [0.717, 1.165) is 15.8 Å². The molecule has 4 nitrogen and oxygen atoms in total. The maximum Gasteiger partial charge on any atom is 0.282 e. The van der Waals surface area contributed by atoms with Gasteiger partial charge < -0.3 is 5.32 Å². The monoisotopic (exact) mass is 452 g/mol. The van der Waals surface area contributed by atoms with Gasteiger partial charge in [-0.15, -0.1) is 0 Å². The van der Waals surface area contributed by atoms with Crippen molar-refractivity contribution in [1.29, 1.82) is 0 Å². The van der Waals surface area contributed by atoms with E-state index in [4.69, 9.17) is 11.6 Å². The van der Waals surface area contributed by atoms with Crippen LogP contribution in [0.5, 0.6) is 0 Å². The number of nitrogens with one attached hydrogen (secondary N) is 1. The third kappa shape index (κ3) is 3.58. The molecule has 0 atom stereocenters. The van der Waals surface area contributed by atoms with Crippen molar-refractivity contribution in [2.45, 2.75) is 0 Å². The predicted molar refractivity (Wildman–Crippen MR) is 88.2 cm³/mol. The van der Waals surface area contributed by atoms with E-state index < -0.39 is 4.92 Å². The molecule has 0 amide bonds. The van der Waals surface area contributed by atoms with E-state index in [1.165, 1.54) is 6.07 Å². The average molecular weight is 453 g/mol. The lowest BCUT2D eigenvalue weighted by molar-refractivity contribution is -0.385. The van der Waals surface area contributed by atoms with Gasteiger partial charge in [0, 0.05) is 21.9 Å². The highest BCUT2D eigenvalue weighted by atomic mass is 127. The van der Waals surface area contributed by atoms with Crippen LogP contribution in [0, 0.1) is 13.7 Å². The van der Waals surface area contributed by atoms with Crippen molar-refractivity contribution in [3.8, 4) is 0 Å². The highest BCUT2D eigenvalue weighted by Gasteiger charge is 2.11. The zero-order chi connectivity index (χ0) is 14.0. The summed E-state index contributed by atoms with van der Waals surface area (Å²) in [7, 11) is 0. The lowest BCUT2D eigenvalue weighted by atomic mass is 10.2. The van der Waals surface area contributed by atoms with Gasteiger partial charge >= 0.3 is 0 Å². The highest BCUT2D eigenvalue weighted by molar-refractivity contribution is 14.1. The Bertz CT molecular complexity index is 652. The summed E-state index contributed by atoms with van der Waals surface area (Å²) in [6, 6.07) is 10.3. The Balaban J connectivity index is 2.26. The van der Waals surface area contributed by atoms with Crippen LogP contribution in [0.25, 0.3) is 0 Å². The molecule has 2 aromatic rings. The van der Waals surface area contributed by atoms with Crippen LogP contribution >= 0.6 is 50.1 Å². The summed E-state index contributed by atoms with van der Waals surface area (Å²) >= 11 is 11.3. The lowest BCUT2D eigenvalue weighted by Crippen LogP contribution is -1.95. The van der Waals surface area contributed by atoms with Crippen molar-refractivity contribution in [2.75, 3.05) is 5.32 Å². The SMILES string of the molecule is O=[N+]([O-])c1ccc(Nc2ccc(Br)c(Cl)c2)cc1I. The average Bonchev–Trinajstić information content (AvgIpc) is 2.33. The van der Waals surface area contributed by atoms with Crippen molar-refractivity contribution in [2.24, 2.45) is 0 Å². The molecule has 0 saturated carbocycles. The largest absolute Gasteiger partial charge is 0.355 e. The number of hydrogen-bond acceptors (Lipinski definition) is 3. The number of rotatable bonds is 3. The maximum atomic E-state index is 10.7.